The SMILES string of the molecule is CC[C@@H](Oc1ccccc1)C(=O)Nc1ccc(S(=O)(=O)Nc2cc(Cl)cc(Cl)c2)cc1. The third-order valence-electron chi connectivity index (χ3n) is 4.23. The molecule has 0 unspecified atom stereocenters. The number of benzene rings is 3. The number of hydrogen-bond donors (Lipinski definition) is 2. The summed E-state index contributed by atoms with van der Waals surface area (Å²) < 4.78 is 33.4. The summed E-state index contributed by atoms with van der Waals surface area (Å²) in [6, 6.07) is 19.3. The number of para-hydroxylation sites is 1. The summed E-state index contributed by atoms with van der Waals surface area (Å²) in [7, 11) is -3.86. The van der Waals surface area contributed by atoms with E-state index in [1.807, 2.05) is 25.1 Å². The summed E-state index contributed by atoms with van der Waals surface area (Å²) in [6.07, 6.45) is -0.209. The molecule has 0 aromatic heterocycles. The molecular formula is C22H20Cl2N2O4S. The Balaban J connectivity index is 1.68. The number of ether oxygens (including phenoxy) is 1. The van der Waals surface area contributed by atoms with Gasteiger partial charge in [-0.25, -0.2) is 8.42 Å². The first kappa shape index (κ1) is 22.9. The predicted molar refractivity (Wildman–Crippen MR) is 123 cm³/mol. The second kappa shape index (κ2) is 10.0. The largest absolute Gasteiger partial charge is 0.481 e. The van der Waals surface area contributed by atoms with Crippen molar-refractivity contribution in [3.05, 3.63) is 82.8 Å². The molecule has 31 heavy (non-hydrogen) atoms. The van der Waals surface area contributed by atoms with Crippen molar-refractivity contribution in [1.82, 2.24) is 0 Å². The first-order valence-corrected chi connectivity index (χ1v) is 11.6. The van der Waals surface area contributed by atoms with Crippen molar-refractivity contribution < 1.29 is 17.9 Å². The van der Waals surface area contributed by atoms with E-state index < -0.39 is 16.1 Å². The molecule has 3 aromatic rings. The highest BCUT2D eigenvalue weighted by Crippen LogP contribution is 2.25. The minimum absolute atomic E-state index is 0.0224. The molecule has 0 fully saturated rings. The van der Waals surface area contributed by atoms with Crippen LogP contribution in [0, 0.1) is 0 Å². The second-order valence-corrected chi connectivity index (χ2v) is 9.16. The van der Waals surface area contributed by atoms with Gasteiger partial charge in [0.2, 0.25) is 0 Å². The van der Waals surface area contributed by atoms with E-state index in [1.54, 1.807) is 12.1 Å². The standard InChI is InChI=1S/C22H20Cl2N2O4S/c1-2-21(30-19-6-4-3-5-7-19)22(27)25-17-8-10-20(11-9-17)31(28,29)26-18-13-15(23)12-16(24)14-18/h3-14,21,26H,2H2,1H3,(H,25,27)/t21-/m1/s1. The molecule has 6 nitrogen and oxygen atoms in total. The quantitative estimate of drug-likeness (QED) is 0.441. The zero-order valence-corrected chi connectivity index (χ0v) is 18.8. The molecule has 0 aliphatic rings. The normalized spacial score (nSPS) is 12.1. The molecule has 0 heterocycles. The van der Waals surface area contributed by atoms with Crippen molar-refractivity contribution in [2.24, 2.45) is 0 Å². The van der Waals surface area contributed by atoms with E-state index >= 15 is 0 Å². The number of rotatable bonds is 8. The smallest absolute Gasteiger partial charge is 0.265 e. The number of carbonyl (C=O) groups excluding carboxylic acids is 1. The summed E-state index contributed by atoms with van der Waals surface area (Å²) >= 11 is 11.8. The average Bonchev–Trinajstić information content (AvgIpc) is 2.72. The Morgan fingerprint density at radius 2 is 1.55 bits per heavy atom. The van der Waals surface area contributed by atoms with Gasteiger partial charge in [-0.05, 0) is 61.0 Å². The molecule has 0 saturated carbocycles. The maximum absolute atomic E-state index is 12.6. The molecule has 3 rings (SSSR count). The van der Waals surface area contributed by atoms with Crippen LogP contribution in [0.2, 0.25) is 10.0 Å². The topological polar surface area (TPSA) is 84.5 Å². The van der Waals surface area contributed by atoms with Gasteiger partial charge in [0.1, 0.15) is 5.75 Å². The van der Waals surface area contributed by atoms with Gasteiger partial charge in [0.05, 0.1) is 10.6 Å². The Labute approximate surface area is 191 Å². The monoisotopic (exact) mass is 478 g/mol. The maximum Gasteiger partial charge on any atom is 0.265 e. The fraction of sp³-hybridized carbons (Fsp3) is 0.136. The first-order chi connectivity index (χ1) is 14.8. The fourth-order valence-electron chi connectivity index (χ4n) is 2.75. The lowest BCUT2D eigenvalue weighted by Gasteiger charge is -2.17. The fourth-order valence-corrected chi connectivity index (χ4v) is 4.32. The molecule has 0 aliphatic carbocycles. The second-order valence-electron chi connectivity index (χ2n) is 6.61. The molecule has 9 heteroatoms. The van der Waals surface area contributed by atoms with Crippen molar-refractivity contribution in [1.29, 1.82) is 0 Å². The van der Waals surface area contributed by atoms with Gasteiger partial charge in [0, 0.05) is 15.7 Å². The summed E-state index contributed by atoms with van der Waals surface area (Å²) in [5.74, 6) is 0.270. The van der Waals surface area contributed by atoms with Gasteiger partial charge in [0.15, 0.2) is 6.10 Å². The van der Waals surface area contributed by atoms with Crippen LogP contribution in [0.15, 0.2) is 77.7 Å². The molecule has 0 spiro atoms. The minimum Gasteiger partial charge on any atom is -0.481 e. The first-order valence-electron chi connectivity index (χ1n) is 9.38. The van der Waals surface area contributed by atoms with E-state index in [-0.39, 0.29) is 16.5 Å². The van der Waals surface area contributed by atoms with Crippen LogP contribution in [0.5, 0.6) is 5.75 Å². The molecule has 0 aliphatic heterocycles. The van der Waals surface area contributed by atoms with Crippen LogP contribution in [0.1, 0.15) is 13.3 Å². The van der Waals surface area contributed by atoms with Gasteiger partial charge in [-0.1, -0.05) is 48.3 Å². The Hall–Kier alpha value is -2.74. The molecule has 3 aromatic carbocycles. The van der Waals surface area contributed by atoms with Gasteiger partial charge < -0.3 is 10.1 Å². The van der Waals surface area contributed by atoms with E-state index in [4.69, 9.17) is 27.9 Å². The number of hydrogen-bond acceptors (Lipinski definition) is 4. The molecule has 1 amide bonds. The van der Waals surface area contributed by atoms with Crippen molar-refractivity contribution in [3.63, 3.8) is 0 Å². The van der Waals surface area contributed by atoms with Crippen molar-refractivity contribution in [2.75, 3.05) is 10.0 Å². The average molecular weight is 479 g/mol. The van der Waals surface area contributed by atoms with Crippen LogP contribution in [0.25, 0.3) is 0 Å². The number of carbonyl (C=O) groups is 1. The van der Waals surface area contributed by atoms with Gasteiger partial charge >= 0.3 is 0 Å². The summed E-state index contributed by atoms with van der Waals surface area (Å²) in [4.78, 5) is 12.6. The lowest BCUT2D eigenvalue weighted by molar-refractivity contribution is -0.122. The Kier molecular flexibility index (Phi) is 7.43. The van der Waals surface area contributed by atoms with E-state index in [2.05, 4.69) is 10.0 Å². The number of nitrogens with one attached hydrogen (secondary N) is 2. The predicted octanol–water partition coefficient (Wildman–Crippen LogP) is 5.59. The Morgan fingerprint density at radius 1 is 0.935 bits per heavy atom. The number of halogens is 2. The molecule has 0 saturated heterocycles. The Bertz CT molecular complexity index is 1130. The lowest BCUT2D eigenvalue weighted by Crippen LogP contribution is -2.32. The van der Waals surface area contributed by atoms with Crippen molar-refractivity contribution >= 4 is 50.5 Å². The van der Waals surface area contributed by atoms with Crippen LogP contribution in [0.3, 0.4) is 0 Å². The van der Waals surface area contributed by atoms with Gasteiger partial charge in [0.25, 0.3) is 15.9 Å². The highest BCUT2D eigenvalue weighted by atomic mass is 35.5. The lowest BCUT2D eigenvalue weighted by atomic mass is 10.2. The van der Waals surface area contributed by atoms with Gasteiger partial charge in [-0.15, -0.1) is 0 Å². The Morgan fingerprint density at radius 3 is 2.13 bits per heavy atom. The molecular weight excluding hydrogens is 459 g/mol. The van der Waals surface area contributed by atoms with Crippen molar-refractivity contribution in [3.8, 4) is 5.75 Å². The van der Waals surface area contributed by atoms with Crippen LogP contribution in [-0.4, -0.2) is 20.4 Å². The summed E-state index contributed by atoms with van der Waals surface area (Å²) in [5.41, 5.74) is 0.698. The molecule has 162 valence electrons. The highest BCUT2D eigenvalue weighted by Gasteiger charge is 2.19. The number of sulfonamides is 1. The zero-order valence-electron chi connectivity index (χ0n) is 16.5. The van der Waals surface area contributed by atoms with Crippen LogP contribution >= 0.6 is 23.2 Å². The van der Waals surface area contributed by atoms with E-state index in [0.717, 1.165) is 0 Å². The molecule has 2 N–H and O–H groups in total. The highest BCUT2D eigenvalue weighted by molar-refractivity contribution is 7.92. The van der Waals surface area contributed by atoms with Crippen molar-refractivity contribution in [2.45, 2.75) is 24.3 Å². The van der Waals surface area contributed by atoms with Gasteiger partial charge in [-0.3, -0.25) is 9.52 Å². The summed E-state index contributed by atoms with van der Waals surface area (Å²) in [5, 5.41) is 3.37. The number of amides is 1. The third-order valence-corrected chi connectivity index (χ3v) is 6.07. The molecule has 1 atom stereocenters. The summed E-state index contributed by atoms with van der Waals surface area (Å²) in [6.45, 7) is 1.84. The van der Waals surface area contributed by atoms with Gasteiger partial charge in [-0.2, -0.15) is 0 Å². The van der Waals surface area contributed by atoms with Crippen LogP contribution in [-0.2, 0) is 14.8 Å². The van der Waals surface area contributed by atoms with Crippen LogP contribution < -0.4 is 14.8 Å². The maximum atomic E-state index is 12.6. The molecule has 0 radical (unpaired) electrons. The van der Waals surface area contributed by atoms with E-state index in [1.165, 1.54) is 42.5 Å². The van der Waals surface area contributed by atoms with E-state index in [9.17, 15) is 13.2 Å². The number of anilines is 2. The van der Waals surface area contributed by atoms with Crippen LogP contribution in [0.4, 0.5) is 11.4 Å². The molecule has 0 bridgehead atoms. The minimum atomic E-state index is -3.86. The zero-order chi connectivity index (χ0) is 22.4. The van der Waals surface area contributed by atoms with E-state index in [0.29, 0.717) is 27.9 Å². The third kappa shape index (κ3) is 6.37.